The Morgan fingerprint density at radius 2 is 1.75 bits per heavy atom. The number of anilines is 2. The smallest absolute Gasteiger partial charge is 0.272 e. The summed E-state index contributed by atoms with van der Waals surface area (Å²) in [5, 5.41) is 3.37. The minimum Gasteiger partial charge on any atom is -0.381 e. The fourth-order valence-electron chi connectivity index (χ4n) is 3.82. The number of piperazine rings is 1. The predicted octanol–water partition coefficient (Wildman–Crippen LogP) is 3.11. The van der Waals surface area contributed by atoms with Crippen molar-refractivity contribution in [3.8, 4) is 0 Å². The number of hydrogen-bond donors (Lipinski definition) is 1. The van der Waals surface area contributed by atoms with Crippen LogP contribution in [0.5, 0.6) is 0 Å². The van der Waals surface area contributed by atoms with Gasteiger partial charge in [0.1, 0.15) is 11.5 Å². The Balaban J connectivity index is 1.32. The number of pyridine rings is 2. The van der Waals surface area contributed by atoms with Gasteiger partial charge in [-0.05, 0) is 43.4 Å². The number of nitrogens with one attached hydrogen (secondary N) is 1. The van der Waals surface area contributed by atoms with E-state index in [1.165, 1.54) is 11.1 Å². The SMILES string of the molecule is CN(C)Cc1ccc(N2CCN(C(=O)c3cc(NCc4ccccc4)ccn3)CC2)nc1. The van der Waals surface area contributed by atoms with Crippen LogP contribution >= 0.6 is 0 Å². The lowest BCUT2D eigenvalue weighted by molar-refractivity contribution is 0.0740. The molecule has 1 fully saturated rings. The third-order valence-electron chi connectivity index (χ3n) is 5.52. The first-order valence-electron chi connectivity index (χ1n) is 11.0. The van der Waals surface area contributed by atoms with E-state index in [0.29, 0.717) is 25.3 Å². The summed E-state index contributed by atoms with van der Waals surface area (Å²) in [4.78, 5) is 28.2. The van der Waals surface area contributed by atoms with Crippen LogP contribution < -0.4 is 10.2 Å². The summed E-state index contributed by atoms with van der Waals surface area (Å²) >= 11 is 0. The van der Waals surface area contributed by atoms with Crippen LogP contribution in [0.1, 0.15) is 21.6 Å². The van der Waals surface area contributed by atoms with E-state index in [2.05, 4.69) is 49.4 Å². The Kier molecular flexibility index (Phi) is 6.97. The Labute approximate surface area is 189 Å². The molecule has 3 heterocycles. The van der Waals surface area contributed by atoms with Gasteiger partial charge >= 0.3 is 0 Å². The molecule has 3 aromatic rings. The summed E-state index contributed by atoms with van der Waals surface area (Å²) < 4.78 is 0. The fourth-order valence-corrected chi connectivity index (χ4v) is 3.82. The van der Waals surface area contributed by atoms with Crippen LogP contribution in [-0.2, 0) is 13.1 Å². The van der Waals surface area contributed by atoms with Crippen molar-refractivity contribution in [1.29, 1.82) is 0 Å². The first-order valence-corrected chi connectivity index (χ1v) is 11.0. The molecule has 2 aromatic heterocycles. The molecular weight excluding hydrogens is 400 g/mol. The molecule has 1 N–H and O–H groups in total. The van der Waals surface area contributed by atoms with Crippen LogP contribution in [0.25, 0.3) is 0 Å². The Morgan fingerprint density at radius 3 is 2.44 bits per heavy atom. The minimum absolute atomic E-state index is 0.0256. The fraction of sp³-hybridized carbons (Fsp3) is 0.320. The molecule has 32 heavy (non-hydrogen) atoms. The average molecular weight is 431 g/mol. The maximum Gasteiger partial charge on any atom is 0.272 e. The molecule has 7 nitrogen and oxygen atoms in total. The van der Waals surface area contributed by atoms with Gasteiger partial charge in [0, 0.05) is 57.3 Å². The lowest BCUT2D eigenvalue weighted by atomic mass is 10.2. The zero-order chi connectivity index (χ0) is 22.3. The number of rotatable bonds is 7. The molecule has 0 aliphatic carbocycles. The van der Waals surface area contributed by atoms with Gasteiger partial charge in [-0.1, -0.05) is 36.4 Å². The molecular formula is C25H30N6O. The molecule has 0 atom stereocenters. The van der Waals surface area contributed by atoms with E-state index in [9.17, 15) is 4.79 Å². The van der Waals surface area contributed by atoms with Crippen molar-refractivity contribution in [2.75, 3.05) is 50.5 Å². The number of aromatic nitrogens is 2. The molecule has 166 valence electrons. The summed E-state index contributed by atoms with van der Waals surface area (Å²) in [7, 11) is 4.10. The molecule has 0 saturated carbocycles. The highest BCUT2D eigenvalue weighted by Gasteiger charge is 2.23. The van der Waals surface area contributed by atoms with Gasteiger partial charge in [0.15, 0.2) is 0 Å². The van der Waals surface area contributed by atoms with Gasteiger partial charge in [-0.3, -0.25) is 9.78 Å². The van der Waals surface area contributed by atoms with Crippen molar-refractivity contribution in [2.45, 2.75) is 13.1 Å². The van der Waals surface area contributed by atoms with Crippen LogP contribution in [0.4, 0.5) is 11.5 Å². The maximum atomic E-state index is 13.0. The molecule has 7 heteroatoms. The summed E-state index contributed by atoms with van der Waals surface area (Å²) in [6, 6.07) is 18.1. The molecule has 0 radical (unpaired) electrons. The molecule has 4 rings (SSSR count). The zero-order valence-electron chi connectivity index (χ0n) is 18.7. The number of benzene rings is 1. The predicted molar refractivity (Wildman–Crippen MR) is 128 cm³/mol. The molecule has 1 aliphatic rings. The minimum atomic E-state index is -0.0256. The number of nitrogens with zero attached hydrogens (tertiary/aromatic N) is 5. The van der Waals surface area contributed by atoms with E-state index < -0.39 is 0 Å². The van der Waals surface area contributed by atoms with E-state index in [0.717, 1.165) is 31.1 Å². The second-order valence-electron chi connectivity index (χ2n) is 8.31. The van der Waals surface area contributed by atoms with Crippen molar-refractivity contribution >= 4 is 17.4 Å². The van der Waals surface area contributed by atoms with Gasteiger partial charge in [0.25, 0.3) is 5.91 Å². The van der Waals surface area contributed by atoms with Gasteiger partial charge in [-0.2, -0.15) is 0 Å². The lowest BCUT2D eigenvalue weighted by Crippen LogP contribution is -2.49. The molecule has 1 aromatic carbocycles. The third kappa shape index (κ3) is 5.62. The summed E-state index contributed by atoms with van der Waals surface area (Å²) in [5.74, 6) is 0.937. The Morgan fingerprint density at radius 1 is 0.969 bits per heavy atom. The van der Waals surface area contributed by atoms with E-state index in [4.69, 9.17) is 0 Å². The molecule has 1 aliphatic heterocycles. The van der Waals surface area contributed by atoms with Crippen LogP contribution in [0, 0.1) is 0 Å². The summed E-state index contributed by atoms with van der Waals surface area (Å²) in [6.07, 6.45) is 3.63. The van der Waals surface area contributed by atoms with Crippen molar-refractivity contribution in [1.82, 2.24) is 19.8 Å². The van der Waals surface area contributed by atoms with Crippen molar-refractivity contribution in [3.05, 3.63) is 83.8 Å². The van der Waals surface area contributed by atoms with Gasteiger partial charge in [0.2, 0.25) is 0 Å². The quantitative estimate of drug-likeness (QED) is 0.621. The van der Waals surface area contributed by atoms with Crippen molar-refractivity contribution in [3.63, 3.8) is 0 Å². The van der Waals surface area contributed by atoms with Crippen LogP contribution in [0.15, 0.2) is 67.0 Å². The van der Waals surface area contributed by atoms with Crippen molar-refractivity contribution < 1.29 is 4.79 Å². The van der Waals surface area contributed by atoms with Crippen LogP contribution in [0.2, 0.25) is 0 Å². The summed E-state index contributed by atoms with van der Waals surface area (Å²) in [6.45, 7) is 4.42. The highest BCUT2D eigenvalue weighted by Crippen LogP contribution is 2.17. The van der Waals surface area contributed by atoms with Crippen LogP contribution in [-0.4, -0.2) is 65.9 Å². The van der Waals surface area contributed by atoms with E-state index >= 15 is 0 Å². The third-order valence-corrected chi connectivity index (χ3v) is 5.52. The average Bonchev–Trinajstić information content (AvgIpc) is 2.83. The summed E-state index contributed by atoms with van der Waals surface area (Å²) in [5.41, 5.74) is 3.76. The van der Waals surface area contributed by atoms with Gasteiger partial charge in [0.05, 0.1) is 0 Å². The van der Waals surface area contributed by atoms with Gasteiger partial charge in [-0.15, -0.1) is 0 Å². The molecule has 0 unspecified atom stereocenters. The number of carbonyl (C=O) groups excluding carboxylic acids is 1. The Hall–Kier alpha value is -3.45. The second kappa shape index (κ2) is 10.2. The topological polar surface area (TPSA) is 64.6 Å². The lowest BCUT2D eigenvalue weighted by Gasteiger charge is -2.35. The number of amides is 1. The van der Waals surface area contributed by atoms with Crippen LogP contribution in [0.3, 0.4) is 0 Å². The standard InChI is InChI=1S/C25H30N6O/c1-29(2)19-21-8-9-24(28-18-21)30-12-14-31(15-13-30)25(32)23-16-22(10-11-26-23)27-17-20-6-4-3-5-7-20/h3-11,16,18H,12-15,17,19H2,1-2H3,(H,26,27). The maximum absolute atomic E-state index is 13.0. The second-order valence-corrected chi connectivity index (χ2v) is 8.31. The van der Waals surface area contributed by atoms with E-state index in [1.54, 1.807) is 6.20 Å². The van der Waals surface area contributed by atoms with E-state index in [-0.39, 0.29) is 5.91 Å². The zero-order valence-corrected chi connectivity index (χ0v) is 18.7. The van der Waals surface area contributed by atoms with Gasteiger partial charge < -0.3 is 20.0 Å². The first-order chi connectivity index (χ1) is 15.6. The number of carbonyl (C=O) groups is 1. The molecule has 1 saturated heterocycles. The van der Waals surface area contributed by atoms with E-state index in [1.807, 2.05) is 55.5 Å². The normalized spacial score (nSPS) is 14.0. The Bertz CT molecular complexity index is 1010. The highest BCUT2D eigenvalue weighted by atomic mass is 16.2. The molecule has 0 bridgehead atoms. The molecule has 1 amide bonds. The molecule has 0 spiro atoms. The number of hydrogen-bond acceptors (Lipinski definition) is 6. The monoisotopic (exact) mass is 430 g/mol. The van der Waals surface area contributed by atoms with Gasteiger partial charge in [-0.25, -0.2) is 4.98 Å². The largest absolute Gasteiger partial charge is 0.381 e. The van der Waals surface area contributed by atoms with Crippen molar-refractivity contribution in [2.24, 2.45) is 0 Å². The first kappa shape index (κ1) is 21.8. The highest BCUT2D eigenvalue weighted by molar-refractivity contribution is 5.93.